The van der Waals surface area contributed by atoms with Gasteiger partial charge in [0.05, 0.1) is 6.10 Å². The van der Waals surface area contributed by atoms with Crippen LogP contribution in [-0.4, -0.2) is 49.6 Å². The van der Waals surface area contributed by atoms with Crippen LogP contribution in [0.4, 0.5) is 5.82 Å². The maximum atomic E-state index is 12.3. The zero-order valence-electron chi connectivity index (χ0n) is 11.1. The summed E-state index contributed by atoms with van der Waals surface area (Å²) in [6.07, 6.45) is 2.44. The molecule has 7 heteroatoms. The lowest BCUT2D eigenvalue weighted by molar-refractivity contribution is 0.0367. The van der Waals surface area contributed by atoms with Gasteiger partial charge in [0.25, 0.3) is 0 Å². The first-order valence-corrected chi connectivity index (χ1v) is 7.65. The molecule has 0 saturated heterocycles. The molecular weight excluding hydrogens is 266 g/mol. The van der Waals surface area contributed by atoms with E-state index < -0.39 is 10.0 Å². The first-order chi connectivity index (χ1) is 8.93. The maximum absolute atomic E-state index is 12.3. The topological polar surface area (TPSA) is 82.5 Å². The molecule has 0 unspecified atom stereocenters. The molecule has 2 rings (SSSR count). The third kappa shape index (κ3) is 3.05. The van der Waals surface area contributed by atoms with Gasteiger partial charge in [-0.1, -0.05) is 0 Å². The SMILES string of the molecule is CNc1ccc(S(=O)(=O)N(C)CC2CC(O)C2)cn1. The van der Waals surface area contributed by atoms with Crippen LogP contribution in [0.1, 0.15) is 12.8 Å². The van der Waals surface area contributed by atoms with Gasteiger partial charge in [0, 0.05) is 26.8 Å². The van der Waals surface area contributed by atoms with E-state index in [4.69, 9.17) is 0 Å². The predicted octanol–water partition coefficient (Wildman–Crippen LogP) is 0.515. The van der Waals surface area contributed by atoms with E-state index in [-0.39, 0.29) is 16.9 Å². The lowest BCUT2D eigenvalue weighted by Gasteiger charge is -2.34. The summed E-state index contributed by atoms with van der Waals surface area (Å²) in [5.41, 5.74) is 0. The fraction of sp³-hybridized carbons (Fsp3) is 0.583. The summed E-state index contributed by atoms with van der Waals surface area (Å²) >= 11 is 0. The number of aromatic nitrogens is 1. The summed E-state index contributed by atoms with van der Waals surface area (Å²) in [5.74, 6) is 0.878. The number of nitrogens with zero attached hydrogens (tertiary/aromatic N) is 2. The fourth-order valence-corrected chi connectivity index (χ4v) is 3.36. The largest absolute Gasteiger partial charge is 0.393 e. The monoisotopic (exact) mass is 285 g/mol. The number of hydrogen-bond donors (Lipinski definition) is 2. The number of hydrogen-bond acceptors (Lipinski definition) is 5. The summed E-state index contributed by atoms with van der Waals surface area (Å²) in [4.78, 5) is 4.20. The second kappa shape index (κ2) is 5.44. The molecule has 1 fully saturated rings. The number of aliphatic hydroxyl groups excluding tert-OH is 1. The Labute approximate surface area is 113 Å². The zero-order valence-corrected chi connectivity index (χ0v) is 11.9. The van der Waals surface area contributed by atoms with Crippen LogP contribution >= 0.6 is 0 Å². The minimum absolute atomic E-state index is 0.189. The van der Waals surface area contributed by atoms with Gasteiger partial charge in [0.15, 0.2) is 0 Å². The summed E-state index contributed by atoms with van der Waals surface area (Å²) < 4.78 is 25.9. The van der Waals surface area contributed by atoms with E-state index in [0.29, 0.717) is 25.2 Å². The third-order valence-electron chi connectivity index (χ3n) is 3.43. The number of anilines is 1. The van der Waals surface area contributed by atoms with Gasteiger partial charge in [-0.15, -0.1) is 0 Å². The molecule has 0 bridgehead atoms. The zero-order chi connectivity index (χ0) is 14.0. The van der Waals surface area contributed by atoms with Crippen molar-refractivity contribution in [2.45, 2.75) is 23.8 Å². The number of pyridine rings is 1. The van der Waals surface area contributed by atoms with Gasteiger partial charge < -0.3 is 10.4 Å². The minimum atomic E-state index is -3.49. The Morgan fingerprint density at radius 1 is 1.47 bits per heavy atom. The Balaban J connectivity index is 2.07. The Morgan fingerprint density at radius 3 is 2.63 bits per heavy atom. The molecule has 1 aromatic heterocycles. The van der Waals surface area contributed by atoms with Crippen LogP contribution in [-0.2, 0) is 10.0 Å². The lowest BCUT2D eigenvalue weighted by atomic mass is 9.82. The maximum Gasteiger partial charge on any atom is 0.244 e. The highest BCUT2D eigenvalue weighted by molar-refractivity contribution is 7.89. The van der Waals surface area contributed by atoms with Crippen molar-refractivity contribution in [2.24, 2.45) is 5.92 Å². The van der Waals surface area contributed by atoms with Crippen LogP contribution in [0.3, 0.4) is 0 Å². The van der Waals surface area contributed by atoms with Crippen molar-refractivity contribution in [3.8, 4) is 0 Å². The van der Waals surface area contributed by atoms with E-state index in [1.807, 2.05) is 0 Å². The van der Waals surface area contributed by atoms with Gasteiger partial charge in [0.1, 0.15) is 10.7 Å². The van der Waals surface area contributed by atoms with Gasteiger partial charge >= 0.3 is 0 Å². The Bertz CT molecular complexity index is 524. The van der Waals surface area contributed by atoms with E-state index in [1.54, 1.807) is 26.2 Å². The normalized spacial score (nSPS) is 23.2. The van der Waals surface area contributed by atoms with E-state index in [0.717, 1.165) is 0 Å². The van der Waals surface area contributed by atoms with Gasteiger partial charge in [-0.25, -0.2) is 17.7 Å². The molecule has 106 valence electrons. The fourth-order valence-electron chi connectivity index (χ4n) is 2.17. The van der Waals surface area contributed by atoms with E-state index in [2.05, 4.69) is 10.3 Å². The molecule has 0 amide bonds. The molecule has 19 heavy (non-hydrogen) atoms. The van der Waals surface area contributed by atoms with E-state index in [1.165, 1.54) is 10.5 Å². The van der Waals surface area contributed by atoms with Crippen LogP contribution in [0, 0.1) is 5.92 Å². The van der Waals surface area contributed by atoms with Crippen LogP contribution in [0.2, 0.25) is 0 Å². The quantitative estimate of drug-likeness (QED) is 0.824. The third-order valence-corrected chi connectivity index (χ3v) is 5.23. The highest BCUT2D eigenvalue weighted by atomic mass is 32.2. The Hall–Kier alpha value is -1.18. The van der Waals surface area contributed by atoms with Crippen molar-refractivity contribution in [3.63, 3.8) is 0 Å². The molecule has 6 nitrogen and oxygen atoms in total. The van der Waals surface area contributed by atoms with E-state index >= 15 is 0 Å². The Kier molecular flexibility index (Phi) is 4.07. The molecule has 1 aromatic rings. The van der Waals surface area contributed by atoms with Crippen molar-refractivity contribution >= 4 is 15.8 Å². The highest BCUT2D eigenvalue weighted by Crippen LogP contribution is 2.29. The van der Waals surface area contributed by atoms with Crippen molar-refractivity contribution in [1.29, 1.82) is 0 Å². The second-order valence-corrected chi connectivity index (χ2v) is 6.95. The molecule has 1 aliphatic carbocycles. The molecule has 1 heterocycles. The molecule has 2 N–H and O–H groups in total. The Morgan fingerprint density at radius 2 is 2.16 bits per heavy atom. The number of sulfonamides is 1. The predicted molar refractivity (Wildman–Crippen MR) is 72.3 cm³/mol. The lowest BCUT2D eigenvalue weighted by Crippen LogP contribution is -2.39. The molecule has 0 spiro atoms. The molecule has 0 aliphatic heterocycles. The molecule has 0 atom stereocenters. The summed E-state index contributed by atoms with van der Waals surface area (Å²) in [6, 6.07) is 3.17. The molecule has 1 saturated carbocycles. The van der Waals surface area contributed by atoms with Gasteiger partial charge in [-0.3, -0.25) is 0 Å². The van der Waals surface area contributed by atoms with Crippen molar-refractivity contribution < 1.29 is 13.5 Å². The van der Waals surface area contributed by atoms with Crippen molar-refractivity contribution in [1.82, 2.24) is 9.29 Å². The van der Waals surface area contributed by atoms with Crippen LogP contribution in [0.15, 0.2) is 23.2 Å². The first-order valence-electron chi connectivity index (χ1n) is 6.21. The second-order valence-electron chi connectivity index (χ2n) is 4.91. The standard InChI is InChI=1S/C12H19N3O3S/c1-13-12-4-3-11(7-14-12)19(17,18)15(2)8-9-5-10(16)6-9/h3-4,7,9-10,16H,5-6,8H2,1-2H3,(H,13,14). The van der Waals surface area contributed by atoms with Gasteiger partial charge in [-0.2, -0.15) is 0 Å². The molecule has 0 radical (unpaired) electrons. The van der Waals surface area contributed by atoms with E-state index in [9.17, 15) is 13.5 Å². The van der Waals surface area contributed by atoms with Crippen molar-refractivity contribution in [3.05, 3.63) is 18.3 Å². The van der Waals surface area contributed by atoms with Crippen LogP contribution < -0.4 is 5.32 Å². The summed E-state index contributed by atoms with van der Waals surface area (Å²) in [5, 5.41) is 12.1. The summed E-state index contributed by atoms with van der Waals surface area (Å²) in [7, 11) is -0.203. The summed E-state index contributed by atoms with van der Waals surface area (Å²) in [6.45, 7) is 0.438. The number of nitrogens with one attached hydrogen (secondary N) is 1. The molecule has 1 aliphatic rings. The number of aliphatic hydroxyl groups is 1. The molecular formula is C12H19N3O3S. The van der Waals surface area contributed by atoms with Crippen LogP contribution in [0.25, 0.3) is 0 Å². The average molecular weight is 285 g/mol. The minimum Gasteiger partial charge on any atom is -0.393 e. The average Bonchev–Trinajstić information content (AvgIpc) is 2.36. The highest BCUT2D eigenvalue weighted by Gasteiger charge is 2.31. The van der Waals surface area contributed by atoms with Gasteiger partial charge in [0.2, 0.25) is 10.0 Å². The van der Waals surface area contributed by atoms with Crippen molar-refractivity contribution in [2.75, 3.05) is 26.0 Å². The smallest absolute Gasteiger partial charge is 0.244 e. The van der Waals surface area contributed by atoms with Crippen LogP contribution in [0.5, 0.6) is 0 Å². The number of rotatable bonds is 5. The van der Waals surface area contributed by atoms with Gasteiger partial charge in [-0.05, 0) is 30.9 Å². The molecule has 0 aromatic carbocycles. The first kappa shape index (κ1) is 14.2.